The lowest BCUT2D eigenvalue weighted by atomic mass is 10.1. The molecule has 0 aromatic rings. The number of ether oxygens (including phenoxy) is 1. The molecule has 0 spiro atoms. The van der Waals surface area contributed by atoms with Crippen LogP contribution in [-0.4, -0.2) is 38.1 Å². The van der Waals surface area contributed by atoms with Crippen molar-refractivity contribution in [2.45, 2.75) is 58.3 Å². The van der Waals surface area contributed by atoms with Gasteiger partial charge in [-0.15, -0.1) is 0 Å². The minimum absolute atomic E-state index is 0.161. The molecule has 0 saturated heterocycles. The molecule has 0 unspecified atom stereocenters. The maximum absolute atomic E-state index is 10.5. The minimum Gasteiger partial charge on any atom is -0.466 e. The third kappa shape index (κ3) is 15.4. The van der Waals surface area contributed by atoms with Gasteiger partial charge in [0.2, 0.25) is 0 Å². The third-order valence-corrected chi connectivity index (χ3v) is 2.80. The van der Waals surface area contributed by atoms with Gasteiger partial charge in [0.15, 0.2) is 0 Å². The minimum atomic E-state index is -0.161. The first-order chi connectivity index (χ1) is 8.13. The molecule has 0 N–H and O–H groups in total. The van der Waals surface area contributed by atoms with E-state index < -0.39 is 0 Å². The molecule has 0 aliphatic rings. The van der Waals surface area contributed by atoms with Gasteiger partial charge in [0, 0.05) is 6.92 Å². The number of carbonyl (C=O) groups is 1. The van der Waals surface area contributed by atoms with E-state index in [1.807, 2.05) is 0 Å². The third-order valence-electron chi connectivity index (χ3n) is 2.80. The fourth-order valence-corrected chi connectivity index (χ4v) is 1.81. The van der Waals surface area contributed by atoms with E-state index in [0.717, 1.165) is 6.42 Å². The topological polar surface area (TPSA) is 29.5 Å². The Morgan fingerprint density at radius 3 is 1.82 bits per heavy atom. The first-order valence-corrected chi connectivity index (χ1v) is 6.91. The van der Waals surface area contributed by atoms with Gasteiger partial charge in [-0.05, 0) is 33.5 Å². The lowest BCUT2D eigenvalue weighted by molar-refractivity contribution is -0.141. The van der Waals surface area contributed by atoms with Crippen LogP contribution in [0.25, 0.3) is 0 Å². The zero-order chi connectivity index (χ0) is 12.9. The summed E-state index contributed by atoms with van der Waals surface area (Å²) in [6, 6.07) is 0. The van der Waals surface area contributed by atoms with Gasteiger partial charge in [-0.3, -0.25) is 4.79 Å². The lowest BCUT2D eigenvalue weighted by Crippen LogP contribution is -2.12. The molecule has 0 bridgehead atoms. The van der Waals surface area contributed by atoms with Crippen LogP contribution in [0, 0.1) is 0 Å². The van der Waals surface area contributed by atoms with Crippen molar-refractivity contribution in [2.75, 3.05) is 27.2 Å². The molecule has 3 nitrogen and oxygen atoms in total. The number of esters is 1. The molecule has 0 aliphatic heterocycles. The quantitative estimate of drug-likeness (QED) is 0.412. The van der Waals surface area contributed by atoms with Crippen LogP contribution in [0.2, 0.25) is 0 Å². The normalized spacial score (nSPS) is 10.8. The van der Waals surface area contributed by atoms with E-state index in [9.17, 15) is 4.79 Å². The highest BCUT2D eigenvalue weighted by atomic mass is 16.5. The van der Waals surface area contributed by atoms with Gasteiger partial charge in [0.05, 0.1) is 6.61 Å². The Kier molecular flexibility index (Phi) is 11.5. The summed E-state index contributed by atoms with van der Waals surface area (Å²) in [5.74, 6) is -0.161. The second-order valence-corrected chi connectivity index (χ2v) is 4.97. The summed E-state index contributed by atoms with van der Waals surface area (Å²) in [6.07, 6.45) is 10.2. The van der Waals surface area contributed by atoms with Crippen LogP contribution in [0.5, 0.6) is 0 Å². The predicted molar refractivity (Wildman–Crippen MR) is 72.1 cm³/mol. The molecule has 0 aromatic carbocycles. The standard InChI is InChI=1S/C14H29NO2/c1-14(16)17-13-11-9-7-5-4-6-8-10-12-15(2)3/h4-13H2,1-3H3. The van der Waals surface area contributed by atoms with E-state index >= 15 is 0 Å². The molecule has 0 aromatic heterocycles. The van der Waals surface area contributed by atoms with E-state index in [4.69, 9.17) is 4.74 Å². The van der Waals surface area contributed by atoms with Crippen LogP contribution < -0.4 is 0 Å². The Morgan fingerprint density at radius 2 is 1.35 bits per heavy atom. The first-order valence-electron chi connectivity index (χ1n) is 6.91. The summed E-state index contributed by atoms with van der Waals surface area (Å²) in [5.41, 5.74) is 0. The molecule has 0 amide bonds. The molecular weight excluding hydrogens is 214 g/mol. The van der Waals surface area contributed by atoms with Crippen molar-refractivity contribution >= 4 is 5.97 Å². The van der Waals surface area contributed by atoms with Gasteiger partial charge >= 0.3 is 5.97 Å². The Morgan fingerprint density at radius 1 is 0.882 bits per heavy atom. The van der Waals surface area contributed by atoms with Gasteiger partial charge in [-0.1, -0.05) is 38.5 Å². The van der Waals surface area contributed by atoms with Crippen molar-refractivity contribution < 1.29 is 9.53 Å². The summed E-state index contributed by atoms with van der Waals surface area (Å²) in [4.78, 5) is 12.7. The Hall–Kier alpha value is -0.570. The monoisotopic (exact) mass is 243 g/mol. The van der Waals surface area contributed by atoms with Gasteiger partial charge in [-0.2, -0.15) is 0 Å². The van der Waals surface area contributed by atoms with Crippen molar-refractivity contribution in [3.8, 4) is 0 Å². The molecule has 3 heteroatoms. The van der Waals surface area contributed by atoms with Gasteiger partial charge in [0.25, 0.3) is 0 Å². The number of hydrogen-bond acceptors (Lipinski definition) is 3. The van der Waals surface area contributed by atoms with Crippen LogP contribution in [0.15, 0.2) is 0 Å². The Bertz CT molecular complexity index is 181. The zero-order valence-corrected chi connectivity index (χ0v) is 11.8. The highest BCUT2D eigenvalue weighted by molar-refractivity contribution is 5.65. The van der Waals surface area contributed by atoms with E-state index in [1.165, 1.54) is 58.4 Å². The molecule has 0 atom stereocenters. The van der Waals surface area contributed by atoms with Crippen LogP contribution in [0.3, 0.4) is 0 Å². The van der Waals surface area contributed by atoms with Gasteiger partial charge in [0.1, 0.15) is 0 Å². The molecule has 0 radical (unpaired) electrons. The largest absolute Gasteiger partial charge is 0.466 e. The number of carbonyl (C=O) groups excluding carboxylic acids is 1. The van der Waals surface area contributed by atoms with E-state index in [0.29, 0.717) is 6.61 Å². The highest BCUT2D eigenvalue weighted by Crippen LogP contribution is 2.08. The SMILES string of the molecule is CC(=O)OCCCCCCCCCCN(C)C. The van der Waals surface area contributed by atoms with E-state index in [2.05, 4.69) is 19.0 Å². The summed E-state index contributed by atoms with van der Waals surface area (Å²) in [6.45, 7) is 3.27. The average Bonchev–Trinajstić information content (AvgIpc) is 2.25. The van der Waals surface area contributed by atoms with Crippen LogP contribution >= 0.6 is 0 Å². The fourth-order valence-electron chi connectivity index (χ4n) is 1.81. The van der Waals surface area contributed by atoms with Crippen molar-refractivity contribution in [3.63, 3.8) is 0 Å². The number of hydrogen-bond donors (Lipinski definition) is 0. The van der Waals surface area contributed by atoms with Crippen molar-refractivity contribution in [2.24, 2.45) is 0 Å². The summed E-state index contributed by atoms with van der Waals surface area (Å²) in [7, 11) is 4.26. The molecule has 17 heavy (non-hydrogen) atoms. The summed E-state index contributed by atoms with van der Waals surface area (Å²) < 4.78 is 4.88. The van der Waals surface area contributed by atoms with E-state index in [-0.39, 0.29) is 5.97 Å². The van der Waals surface area contributed by atoms with E-state index in [1.54, 1.807) is 0 Å². The summed E-state index contributed by atoms with van der Waals surface area (Å²) in [5, 5.41) is 0. The average molecular weight is 243 g/mol. The first kappa shape index (κ1) is 16.4. The Labute approximate surface area is 107 Å². The second kappa shape index (κ2) is 11.9. The molecule has 0 fully saturated rings. The van der Waals surface area contributed by atoms with Gasteiger partial charge < -0.3 is 9.64 Å². The van der Waals surface area contributed by atoms with Gasteiger partial charge in [-0.25, -0.2) is 0 Å². The van der Waals surface area contributed by atoms with Crippen molar-refractivity contribution in [3.05, 3.63) is 0 Å². The van der Waals surface area contributed by atoms with Crippen LogP contribution in [-0.2, 0) is 9.53 Å². The van der Waals surface area contributed by atoms with Crippen LogP contribution in [0.4, 0.5) is 0 Å². The zero-order valence-electron chi connectivity index (χ0n) is 11.8. The van der Waals surface area contributed by atoms with Crippen LogP contribution in [0.1, 0.15) is 58.3 Å². The smallest absolute Gasteiger partial charge is 0.302 e. The highest BCUT2D eigenvalue weighted by Gasteiger charge is 1.95. The second-order valence-electron chi connectivity index (χ2n) is 4.97. The fraction of sp³-hybridized carbons (Fsp3) is 0.929. The summed E-state index contributed by atoms with van der Waals surface area (Å²) >= 11 is 0. The van der Waals surface area contributed by atoms with Crippen molar-refractivity contribution in [1.29, 1.82) is 0 Å². The molecule has 0 saturated carbocycles. The Balaban J connectivity index is 2.96. The van der Waals surface area contributed by atoms with Crippen molar-refractivity contribution in [1.82, 2.24) is 4.90 Å². The number of nitrogens with zero attached hydrogens (tertiary/aromatic N) is 1. The molecule has 102 valence electrons. The molecular formula is C14H29NO2. The number of unbranched alkanes of at least 4 members (excludes halogenated alkanes) is 7. The maximum atomic E-state index is 10.5. The lowest BCUT2D eigenvalue weighted by Gasteiger charge is -2.08. The molecule has 0 heterocycles. The molecule has 0 rings (SSSR count). The molecule has 0 aliphatic carbocycles. The maximum Gasteiger partial charge on any atom is 0.302 e. The predicted octanol–water partition coefficient (Wildman–Crippen LogP) is 3.23. The number of rotatable bonds is 11.